The van der Waals surface area contributed by atoms with Gasteiger partial charge in [0.25, 0.3) is 5.91 Å². The molecule has 1 amide bonds. The van der Waals surface area contributed by atoms with Crippen LogP contribution in [0.15, 0.2) is 78.0 Å². The van der Waals surface area contributed by atoms with E-state index in [0.29, 0.717) is 16.9 Å². The molecule has 0 aliphatic carbocycles. The Morgan fingerprint density at radius 1 is 1.10 bits per heavy atom. The van der Waals surface area contributed by atoms with Crippen molar-refractivity contribution in [1.82, 2.24) is 10.3 Å². The van der Waals surface area contributed by atoms with Gasteiger partial charge in [-0.3, -0.25) is 9.78 Å². The van der Waals surface area contributed by atoms with Crippen LogP contribution in [0.4, 0.5) is 0 Å². The van der Waals surface area contributed by atoms with E-state index in [0.717, 1.165) is 5.56 Å². The lowest BCUT2D eigenvalue weighted by Crippen LogP contribution is -2.32. The predicted molar refractivity (Wildman–Crippen MR) is 111 cm³/mol. The fourth-order valence-corrected chi connectivity index (χ4v) is 4.56. The summed E-state index contributed by atoms with van der Waals surface area (Å²) in [6.45, 7) is 1.81. The van der Waals surface area contributed by atoms with E-state index >= 15 is 0 Å². The van der Waals surface area contributed by atoms with E-state index in [9.17, 15) is 13.2 Å². The topological polar surface area (TPSA) is 85.4 Å². The SMILES string of the molecule is COc1cccc(C(=O)NC[C@H](c2cccnc2)S(=O)(=O)c2ccc(C)cc2)c1. The molecule has 0 aliphatic heterocycles. The van der Waals surface area contributed by atoms with E-state index in [1.54, 1.807) is 66.9 Å². The average Bonchev–Trinajstić information content (AvgIpc) is 2.74. The third kappa shape index (κ3) is 4.81. The van der Waals surface area contributed by atoms with Crippen molar-refractivity contribution in [2.75, 3.05) is 13.7 Å². The number of hydrogen-bond acceptors (Lipinski definition) is 5. The number of amides is 1. The summed E-state index contributed by atoms with van der Waals surface area (Å²) in [5.74, 6) is 0.172. The molecule has 1 heterocycles. The minimum Gasteiger partial charge on any atom is -0.497 e. The highest BCUT2D eigenvalue weighted by Crippen LogP contribution is 2.28. The van der Waals surface area contributed by atoms with Crippen molar-refractivity contribution in [2.45, 2.75) is 17.1 Å². The van der Waals surface area contributed by atoms with Gasteiger partial charge in [-0.2, -0.15) is 0 Å². The van der Waals surface area contributed by atoms with Crippen LogP contribution < -0.4 is 10.1 Å². The Morgan fingerprint density at radius 3 is 2.52 bits per heavy atom. The molecule has 0 aliphatic rings. The monoisotopic (exact) mass is 410 g/mol. The second-order valence-corrected chi connectivity index (χ2v) is 8.71. The van der Waals surface area contributed by atoms with Crippen LogP contribution in [-0.4, -0.2) is 33.0 Å². The molecule has 150 valence electrons. The minimum atomic E-state index is -3.74. The molecular weight excluding hydrogens is 388 g/mol. The average molecular weight is 410 g/mol. The van der Waals surface area contributed by atoms with Crippen molar-refractivity contribution in [2.24, 2.45) is 0 Å². The van der Waals surface area contributed by atoms with Gasteiger partial charge in [-0.15, -0.1) is 0 Å². The van der Waals surface area contributed by atoms with E-state index in [-0.39, 0.29) is 17.3 Å². The zero-order valence-corrected chi connectivity index (χ0v) is 17.0. The zero-order chi connectivity index (χ0) is 20.9. The summed E-state index contributed by atoms with van der Waals surface area (Å²) in [5, 5.41) is 1.77. The third-order valence-electron chi connectivity index (χ3n) is 4.56. The van der Waals surface area contributed by atoms with Gasteiger partial charge >= 0.3 is 0 Å². The summed E-state index contributed by atoms with van der Waals surface area (Å²) >= 11 is 0. The maximum Gasteiger partial charge on any atom is 0.251 e. The van der Waals surface area contributed by atoms with Crippen LogP contribution >= 0.6 is 0 Å². The first-order valence-electron chi connectivity index (χ1n) is 9.04. The highest BCUT2D eigenvalue weighted by atomic mass is 32.2. The number of sulfone groups is 1. The second kappa shape index (κ2) is 8.87. The fraction of sp³-hybridized carbons (Fsp3) is 0.182. The number of carbonyl (C=O) groups is 1. The van der Waals surface area contributed by atoms with Crippen LogP contribution in [0.2, 0.25) is 0 Å². The number of hydrogen-bond donors (Lipinski definition) is 1. The Kier molecular flexibility index (Phi) is 6.29. The van der Waals surface area contributed by atoms with E-state index in [2.05, 4.69) is 10.3 Å². The van der Waals surface area contributed by atoms with E-state index in [1.807, 2.05) is 6.92 Å². The Morgan fingerprint density at radius 2 is 1.86 bits per heavy atom. The lowest BCUT2D eigenvalue weighted by Gasteiger charge is -2.19. The van der Waals surface area contributed by atoms with Gasteiger partial charge in [-0.25, -0.2) is 8.42 Å². The minimum absolute atomic E-state index is 0.0854. The van der Waals surface area contributed by atoms with Crippen LogP contribution in [0, 0.1) is 6.92 Å². The van der Waals surface area contributed by atoms with Crippen LogP contribution in [0.25, 0.3) is 0 Å². The fourth-order valence-electron chi connectivity index (χ4n) is 2.92. The molecule has 3 rings (SSSR count). The first kappa shape index (κ1) is 20.5. The molecule has 1 aromatic heterocycles. The van der Waals surface area contributed by atoms with Crippen molar-refractivity contribution in [1.29, 1.82) is 0 Å². The van der Waals surface area contributed by atoms with Crippen molar-refractivity contribution in [3.05, 3.63) is 89.7 Å². The van der Waals surface area contributed by atoms with E-state index in [4.69, 9.17) is 4.74 Å². The van der Waals surface area contributed by atoms with Crippen LogP contribution in [-0.2, 0) is 9.84 Å². The summed E-state index contributed by atoms with van der Waals surface area (Å²) in [6.07, 6.45) is 3.09. The van der Waals surface area contributed by atoms with Gasteiger partial charge in [0.1, 0.15) is 11.0 Å². The molecule has 2 aromatic carbocycles. The largest absolute Gasteiger partial charge is 0.497 e. The lowest BCUT2D eigenvalue weighted by atomic mass is 10.2. The predicted octanol–water partition coefficient (Wildman–Crippen LogP) is 3.34. The van der Waals surface area contributed by atoms with Crippen molar-refractivity contribution in [3.8, 4) is 5.75 Å². The maximum absolute atomic E-state index is 13.3. The number of nitrogens with zero attached hydrogens (tertiary/aromatic N) is 1. The smallest absolute Gasteiger partial charge is 0.251 e. The molecule has 0 saturated heterocycles. The molecule has 0 radical (unpaired) electrons. The number of aromatic nitrogens is 1. The maximum atomic E-state index is 13.3. The van der Waals surface area contributed by atoms with E-state index in [1.165, 1.54) is 13.3 Å². The second-order valence-electron chi connectivity index (χ2n) is 6.58. The Bertz CT molecular complexity index is 1080. The standard InChI is InChI=1S/C22H22N2O4S/c1-16-8-10-20(11-9-16)29(26,27)21(18-6-4-12-23-14-18)15-24-22(25)17-5-3-7-19(13-17)28-2/h3-14,21H,15H2,1-2H3,(H,24,25)/t21-/m1/s1. The highest BCUT2D eigenvalue weighted by molar-refractivity contribution is 7.91. The molecular formula is C22H22N2O4S. The molecule has 7 heteroatoms. The summed E-state index contributed by atoms with van der Waals surface area (Å²) < 4.78 is 31.7. The van der Waals surface area contributed by atoms with Gasteiger partial charge in [-0.05, 0) is 48.9 Å². The number of aryl methyl sites for hydroxylation is 1. The van der Waals surface area contributed by atoms with Crippen molar-refractivity contribution < 1.29 is 17.9 Å². The number of benzene rings is 2. The van der Waals surface area contributed by atoms with Crippen LogP contribution in [0.5, 0.6) is 5.75 Å². The van der Waals surface area contributed by atoms with Crippen LogP contribution in [0.3, 0.4) is 0 Å². The van der Waals surface area contributed by atoms with Gasteiger partial charge in [0.05, 0.1) is 12.0 Å². The van der Waals surface area contributed by atoms with Gasteiger partial charge < -0.3 is 10.1 Å². The molecule has 0 bridgehead atoms. The van der Waals surface area contributed by atoms with Gasteiger partial charge in [0.15, 0.2) is 9.84 Å². The molecule has 0 fully saturated rings. The summed E-state index contributed by atoms with van der Waals surface area (Å²) in [7, 11) is -2.22. The number of methoxy groups -OCH3 is 1. The number of rotatable bonds is 7. The number of nitrogens with one attached hydrogen (secondary N) is 1. The molecule has 0 saturated carbocycles. The molecule has 3 aromatic rings. The van der Waals surface area contributed by atoms with Crippen molar-refractivity contribution in [3.63, 3.8) is 0 Å². The van der Waals surface area contributed by atoms with Gasteiger partial charge in [0, 0.05) is 24.5 Å². The summed E-state index contributed by atoms with van der Waals surface area (Å²) in [6, 6.07) is 16.7. The highest BCUT2D eigenvalue weighted by Gasteiger charge is 2.30. The van der Waals surface area contributed by atoms with Crippen LogP contribution in [0.1, 0.15) is 26.7 Å². The Labute approximate surface area is 170 Å². The molecule has 1 N–H and O–H groups in total. The Hall–Kier alpha value is -3.19. The lowest BCUT2D eigenvalue weighted by molar-refractivity contribution is 0.0953. The first-order valence-corrected chi connectivity index (χ1v) is 10.6. The molecule has 29 heavy (non-hydrogen) atoms. The number of carbonyl (C=O) groups excluding carboxylic acids is 1. The normalized spacial score (nSPS) is 12.2. The molecule has 1 atom stereocenters. The Balaban J connectivity index is 1.88. The molecule has 6 nitrogen and oxygen atoms in total. The zero-order valence-electron chi connectivity index (χ0n) is 16.2. The van der Waals surface area contributed by atoms with E-state index < -0.39 is 15.1 Å². The number of pyridine rings is 1. The van der Waals surface area contributed by atoms with Gasteiger partial charge in [-0.1, -0.05) is 29.8 Å². The van der Waals surface area contributed by atoms with Gasteiger partial charge in [0.2, 0.25) is 0 Å². The summed E-state index contributed by atoms with van der Waals surface area (Å²) in [4.78, 5) is 16.8. The number of ether oxygens (including phenoxy) is 1. The first-order chi connectivity index (χ1) is 13.9. The van der Waals surface area contributed by atoms with Crippen molar-refractivity contribution >= 4 is 15.7 Å². The quantitative estimate of drug-likeness (QED) is 0.646. The third-order valence-corrected chi connectivity index (χ3v) is 6.68. The molecule has 0 unspecified atom stereocenters. The summed E-state index contributed by atoms with van der Waals surface area (Å²) in [5.41, 5.74) is 1.87. The molecule has 0 spiro atoms.